The molecule has 5 atom stereocenters. The van der Waals surface area contributed by atoms with Crippen LogP contribution in [0.3, 0.4) is 0 Å². The Balaban J connectivity index is 1.02. The van der Waals surface area contributed by atoms with Crippen LogP contribution in [0.25, 0.3) is 0 Å². The summed E-state index contributed by atoms with van der Waals surface area (Å²) in [6.45, 7) is 12.1. The Hall–Kier alpha value is -2.24. The SMILES string of the molecule is CC(=O)NCCN(CCNC(C)=O)CCOCCOCCOCCOc1ccc2c(c1)CC[C@@H]1[C@@H]2CC[C@]2(C)[C@@H](O)CC[C@@H]12. The number of amides is 2. The maximum Gasteiger partial charge on any atom is 0.216 e. The number of ether oxygens (including phenoxy) is 4. The van der Waals surface area contributed by atoms with Crippen molar-refractivity contribution in [3.63, 3.8) is 0 Å². The summed E-state index contributed by atoms with van der Waals surface area (Å²) in [7, 11) is 0. The minimum Gasteiger partial charge on any atom is -0.491 e. The highest BCUT2D eigenvalue weighted by Gasteiger charge is 2.54. The summed E-state index contributed by atoms with van der Waals surface area (Å²) in [6.07, 6.45) is 6.67. The van der Waals surface area contributed by atoms with Gasteiger partial charge in [0.15, 0.2) is 0 Å². The molecule has 3 N–H and O–H groups in total. The van der Waals surface area contributed by atoms with E-state index < -0.39 is 0 Å². The number of carbonyl (C=O) groups is 2. The van der Waals surface area contributed by atoms with E-state index in [9.17, 15) is 14.7 Å². The zero-order chi connectivity index (χ0) is 31.4. The molecule has 10 nitrogen and oxygen atoms in total. The van der Waals surface area contributed by atoms with Crippen LogP contribution in [0.1, 0.15) is 69.9 Å². The van der Waals surface area contributed by atoms with E-state index in [-0.39, 0.29) is 23.3 Å². The average Bonchev–Trinajstić information content (AvgIpc) is 3.30. The summed E-state index contributed by atoms with van der Waals surface area (Å²) in [4.78, 5) is 24.4. The second kappa shape index (κ2) is 17.5. The molecule has 3 aliphatic rings. The van der Waals surface area contributed by atoms with Crippen LogP contribution >= 0.6 is 0 Å². The van der Waals surface area contributed by atoms with Crippen LogP contribution in [0, 0.1) is 17.3 Å². The predicted octanol–water partition coefficient (Wildman–Crippen LogP) is 2.91. The summed E-state index contributed by atoms with van der Waals surface area (Å²) in [5, 5.41) is 16.2. The number of hydrogen-bond donors (Lipinski definition) is 3. The van der Waals surface area contributed by atoms with Crippen LogP contribution in [-0.4, -0.2) is 107 Å². The van der Waals surface area contributed by atoms with Crippen LogP contribution in [0.15, 0.2) is 18.2 Å². The average molecular weight is 618 g/mol. The Morgan fingerprint density at radius 2 is 1.50 bits per heavy atom. The van der Waals surface area contributed by atoms with Crippen molar-refractivity contribution in [1.82, 2.24) is 15.5 Å². The maximum atomic E-state index is 11.1. The Bertz CT molecular complexity index is 1040. The lowest BCUT2D eigenvalue weighted by Gasteiger charge is -2.50. The van der Waals surface area contributed by atoms with Gasteiger partial charge in [0.05, 0.1) is 45.7 Å². The van der Waals surface area contributed by atoms with E-state index >= 15 is 0 Å². The molecule has 10 heteroatoms. The van der Waals surface area contributed by atoms with E-state index in [2.05, 4.69) is 40.7 Å². The van der Waals surface area contributed by atoms with Crippen molar-refractivity contribution in [1.29, 1.82) is 0 Å². The third-order valence-corrected chi connectivity index (χ3v) is 10.0. The standard InChI is InChI=1S/C34H55N3O7/c1-25(38)35-12-14-37(15-13-36-26(2)39)16-17-41-18-19-42-20-21-43-22-23-44-28-5-7-29-27(24-28)4-6-31-30(29)10-11-34(3)32(31)8-9-33(34)40/h5,7,24,30-33,40H,4,6,8-23H2,1-3H3,(H,35,38)(H,36,39)/t30-,31-,32+,33+,34+/m1/s1. The number of hydrogen-bond acceptors (Lipinski definition) is 8. The van der Waals surface area contributed by atoms with Gasteiger partial charge in [0.25, 0.3) is 0 Å². The quantitative estimate of drug-likeness (QED) is 0.203. The van der Waals surface area contributed by atoms with Gasteiger partial charge in [0.1, 0.15) is 12.4 Å². The fourth-order valence-electron chi connectivity index (χ4n) is 7.69. The molecule has 0 aromatic heterocycles. The molecular formula is C34H55N3O7. The molecule has 0 radical (unpaired) electrons. The molecule has 0 bridgehead atoms. The highest BCUT2D eigenvalue weighted by atomic mass is 16.6. The van der Waals surface area contributed by atoms with Gasteiger partial charge in [-0.1, -0.05) is 13.0 Å². The van der Waals surface area contributed by atoms with Gasteiger partial charge in [-0.15, -0.1) is 0 Å². The van der Waals surface area contributed by atoms with E-state index in [1.165, 1.54) is 44.2 Å². The van der Waals surface area contributed by atoms with Gasteiger partial charge in [-0.25, -0.2) is 0 Å². The zero-order valence-corrected chi connectivity index (χ0v) is 27.1. The van der Waals surface area contributed by atoms with Gasteiger partial charge in [-0.3, -0.25) is 14.5 Å². The molecule has 2 saturated carbocycles. The van der Waals surface area contributed by atoms with Gasteiger partial charge >= 0.3 is 0 Å². The fraction of sp³-hybridized carbons (Fsp3) is 0.765. The highest BCUT2D eigenvalue weighted by Crippen LogP contribution is 2.60. The molecule has 1 aromatic carbocycles. The Kier molecular flexibility index (Phi) is 13.7. The van der Waals surface area contributed by atoms with Crippen molar-refractivity contribution in [2.24, 2.45) is 17.3 Å². The lowest BCUT2D eigenvalue weighted by Crippen LogP contribution is -2.43. The first-order valence-corrected chi connectivity index (χ1v) is 16.7. The normalized spacial score (nSPS) is 25.7. The lowest BCUT2D eigenvalue weighted by atomic mass is 9.55. The van der Waals surface area contributed by atoms with Crippen LogP contribution in [0.4, 0.5) is 0 Å². The molecule has 0 spiro atoms. The van der Waals surface area contributed by atoms with Crippen molar-refractivity contribution in [3.8, 4) is 5.75 Å². The molecular weight excluding hydrogens is 562 g/mol. The van der Waals surface area contributed by atoms with Gasteiger partial charge in [-0.2, -0.15) is 0 Å². The Morgan fingerprint density at radius 1 is 0.864 bits per heavy atom. The summed E-state index contributed by atoms with van der Waals surface area (Å²) < 4.78 is 23.0. The van der Waals surface area contributed by atoms with Gasteiger partial charge in [0, 0.05) is 46.6 Å². The number of nitrogens with zero attached hydrogens (tertiary/aromatic N) is 1. The molecule has 44 heavy (non-hydrogen) atoms. The molecule has 0 saturated heterocycles. The van der Waals surface area contributed by atoms with Crippen LogP contribution < -0.4 is 15.4 Å². The van der Waals surface area contributed by atoms with Crippen molar-refractivity contribution in [3.05, 3.63) is 29.3 Å². The largest absolute Gasteiger partial charge is 0.491 e. The smallest absolute Gasteiger partial charge is 0.216 e. The molecule has 2 fully saturated rings. The van der Waals surface area contributed by atoms with E-state index in [1.807, 2.05) is 0 Å². The molecule has 0 heterocycles. The Morgan fingerprint density at radius 3 is 2.16 bits per heavy atom. The number of aliphatic hydroxyl groups excluding tert-OH is 1. The molecule has 0 unspecified atom stereocenters. The molecule has 4 rings (SSSR count). The van der Waals surface area contributed by atoms with Crippen molar-refractivity contribution < 1.29 is 33.6 Å². The van der Waals surface area contributed by atoms with E-state index in [4.69, 9.17) is 18.9 Å². The second-order valence-electron chi connectivity index (χ2n) is 12.9. The maximum absolute atomic E-state index is 11.1. The number of nitrogens with one attached hydrogen (secondary N) is 2. The van der Waals surface area contributed by atoms with E-state index in [1.54, 1.807) is 0 Å². The summed E-state index contributed by atoms with van der Waals surface area (Å²) in [6, 6.07) is 6.64. The van der Waals surface area contributed by atoms with Crippen LogP contribution in [0.2, 0.25) is 0 Å². The number of rotatable bonds is 19. The molecule has 3 aliphatic carbocycles. The third kappa shape index (κ3) is 9.88. The number of fused-ring (bicyclic) bond motifs is 5. The van der Waals surface area contributed by atoms with Crippen LogP contribution in [-0.2, 0) is 30.2 Å². The summed E-state index contributed by atoms with van der Waals surface area (Å²) in [5.74, 6) is 2.80. The molecule has 248 valence electrons. The van der Waals surface area contributed by atoms with E-state index in [0.717, 1.165) is 25.0 Å². The summed E-state index contributed by atoms with van der Waals surface area (Å²) >= 11 is 0. The summed E-state index contributed by atoms with van der Waals surface area (Å²) in [5.41, 5.74) is 3.07. The van der Waals surface area contributed by atoms with Crippen molar-refractivity contribution >= 4 is 11.8 Å². The predicted molar refractivity (Wildman–Crippen MR) is 169 cm³/mol. The lowest BCUT2D eigenvalue weighted by molar-refractivity contribution is -0.119. The minimum atomic E-state index is -0.121. The van der Waals surface area contributed by atoms with Crippen molar-refractivity contribution in [2.75, 3.05) is 79.0 Å². The monoisotopic (exact) mass is 617 g/mol. The van der Waals surface area contributed by atoms with Crippen molar-refractivity contribution in [2.45, 2.75) is 71.3 Å². The topological polar surface area (TPSA) is 119 Å². The first kappa shape index (κ1) is 34.6. The molecule has 1 aromatic rings. The molecule has 0 aliphatic heterocycles. The second-order valence-corrected chi connectivity index (χ2v) is 12.9. The number of carbonyl (C=O) groups excluding carboxylic acids is 2. The Labute approximate surface area is 263 Å². The van der Waals surface area contributed by atoms with Gasteiger partial charge in [-0.05, 0) is 85.0 Å². The van der Waals surface area contributed by atoms with Gasteiger partial charge < -0.3 is 34.7 Å². The van der Waals surface area contributed by atoms with Crippen LogP contribution in [0.5, 0.6) is 5.75 Å². The third-order valence-electron chi connectivity index (χ3n) is 10.0. The first-order valence-electron chi connectivity index (χ1n) is 16.7. The zero-order valence-electron chi connectivity index (χ0n) is 27.1. The number of aliphatic hydroxyl groups is 1. The minimum absolute atomic E-state index is 0.0528. The first-order chi connectivity index (χ1) is 21.3. The molecule has 2 amide bonds. The number of benzene rings is 1. The fourth-order valence-corrected chi connectivity index (χ4v) is 7.69. The number of aryl methyl sites for hydroxylation is 1. The van der Waals surface area contributed by atoms with E-state index in [0.29, 0.717) is 96.7 Å². The highest BCUT2D eigenvalue weighted by molar-refractivity contribution is 5.73. The van der Waals surface area contributed by atoms with Gasteiger partial charge in [0.2, 0.25) is 11.8 Å².